The minimum atomic E-state index is -0.282. The number of ether oxygens (including phenoxy) is 2. The summed E-state index contributed by atoms with van der Waals surface area (Å²) in [5.74, 6) is 0.811. The van der Waals surface area contributed by atoms with Crippen LogP contribution in [0.5, 0.6) is 11.5 Å². The van der Waals surface area contributed by atoms with E-state index in [1.165, 1.54) is 20.4 Å². The molecule has 1 heterocycles. The van der Waals surface area contributed by atoms with E-state index in [0.29, 0.717) is 27.9 Å². The monoisotopic (exact) mass is 306 g/mol. The lowest BCUT2D eigenvalue weighted by Crippen LogP contribution is -2.12. The van der Waals surface area contributed by atoms with E-state index in [4.69, 9.17) is 21.1 Å². The average Bonchev–Trinajstić information content (AvgIpc) is 2.50. The van der Waals surface area contributed by atoms with Gasteiger partial charge in [-0.25, -0.2) is 4.98 Å². The summed E-state index contributed by atoms with van der Waals surface area (Å²) in [4.78, 5) is 16.3. The molecule has 0 saturated carbocycles. The maximum Gasteiger partial charge on any atom is 0.255 e. The lowest BCUT2D eigenvalue weighted by atomic mass is 10.2. The molecular weight excluding hydrogens is 292 g/mol. The SMILES string of the molecule is COc1cc(OC)cc(C(=O)Nc2cnc(Cl)c(C)c2)c1. The van der Waals surface area contributed by atoms with Crippen LogP contribution < -0.4 is 14.8 Å². The van der Waals surface area contributed by atoms with Gasteiger partial charge in [-0.05, 0) is 30.7 Å². The molecule has 1 aromatic heterocycles. The number of carbonyl (C=O) groups excluding carboxylic acids is 1. The smallest absolute Gasteiger partial charge is 0.255 e. The molecule has 1 aromatic carbocycles. The van der Waals surface area contributed by atoms with Gasteiger partial charge in [-0.3, -0.25) is 4.79 Å². The molecule has 0 aliphatic carbocycles. The van der Waals surface area contributed by atoms with Gasteiger partial charge in [0.25, 0.3) is 5.91 Å². The van der Waals surface area contributed by atoms with E-state index in [2.05, 4.69) is 10.3 Å². The molecular formula is C15H15ClN2O3. The fourth-order valence-electron chi connectivity index (χ4n) is 1.77. The highest BCUT2D eigenvalue weighted by atomic mass is 35.5. The third-order valence-corrected chi connectivity index (χ3v) is 3.28. The third kappa shape index (κ3) is 3.64. The minimum absolute atomic E-state index is 0.282. The predicted molar refractivity (Wildman–Crippen MR) is 81.5 cm³/mol. The van der Waals surface area contributed by atoms with Gasteiger partial charge in [-0.2, -0.15) is 0 Å². The number of hydrogen-bond acceptors (Lipinski definition) is 4. The van der Waals surface area contributed by atoms with Crippen LogP contribution in [-0.2, 0) is 0 Å². The van der Waals surface area contributed by atoms with Crippen molar-refractivity contribution in [2.75, 3.05) is 19.5 Å². The zero-order chi connectivity index (χ0) is 15.4. The molecule has 0 saturated heterocycles. The largest absolute Gasteiger partial charge is 0.497 e. The minimum Gasteiger partial charge on any atom is -0.497 e. The van der Waals surface area contributed by atoms with Crippen molar-refractivity contribution in [3.63, 3.8) is 0 Å². The van der Waals surface area contributed by atoms with Gasteiger partial charge in [0.05, 0.1) is 26.1 Å². The number of aromatic nitrogens is 1. The summed E-state index contributed by atoms with van der Waals surface area (Å²) in [6, 6.07) is 6.72. The highest BCUT2D eigenvalue weighted by molar-refractivity contribution is 6.30. The van der Waals surface area contributed by atoms with Gasteiger partial charge in [0, 0.05) is 11.6 Å². The van der Waals surface area contributed by atoms with Crippen molar-refractivity contribution in [2.24, 2.45) is 0 Å². The summed E-state index contributed by atoms with van der Waals surface area (Å²) < 4.78 is 10.3. The predicted octanol–water partition coefficient (Wildman–Crippen LogP) is 3.31. The number of nitrogens with zero attached hydrogens (tertiary/aromatic N) is 1. The van der Waals surface area contributed by atoms with E-state index < -0.39 is 0 Å². The molecule has 1 amide bonds. The van der Waals surface area contributed by atoms with Crippen molar-refractivity contribution in [1.82, 2.24) is 4.98 Å². The van der Waals surface area contributed by atoms with E-state index >= 15 is 0 Å². The summed E-state index contributed by atoms with van der Waals surface area (Å²) in [5.41, 5.74) is 1.79. The Labute approximate surface area is 127 Å². The number of rotatable bonds is 4. The fourth-order valence-corrected chi connectivity index (χ4v) is 1.87. The Balaban J connectivity index is 2.25. The quantitative estimate of drug-likeness (QED) is 0.880. The van der Waals surface area contributed by atoms with Crippen molar-refractivity contribution in [2.45, 2.75) is 6.92 Å². The average molecular weight is 307 g/mol. The summed E-state index contributed by atoms with van der Waals surface area (Å²) in [7, 11) is 3.06. The lowest BCUT2D eigenvalue weighted by molar-refractivity contribution is 0.102. The van der Waals surface area contributed by atoms with Gasteiger partial charge in [0.1, 0.15) is 16.7 Å². The summed E-state index contributed by atoms with van der Waals surface area (Å²) in [5, 5.41) is 3.17. The first kappa shape index (κ1) is 15.1. The molecule has 1 N–H and O–H groups in total. The Morgan fingerprint density at radius 1 is 1.14 bits per heavy atom. The van der Waals surface area contributed by atoms with E-state index in [9.17, 15) is 4.79 Å². The van der Waals surface area contributed by atoms with Crippen molar-refractivity contribution < 1.29 is 14.3 Å². The van der Waals surface area contributed by atoms with Crippen LogP contribution in [0.15, 0.2) is 30.5 Å². The van der Waals surface area contributed by atoms with Gasteiger partial charge in [0.2, 0.25) is 0 Å². The summed E-state index contributed by atoms with van der Waals surface area (Å²) >= 11 is 5.86. The molecule has 110 valence electrons. The van der Waals surface area contributed by atoms with Crippen LogP contribution in [0.2, 0.25) is 5.15 Å². The zero-order valence-electron chi connectivity index (χ0n) is 11.9. The number of halogens is 1. The van der Waals surface area contributed by atoms with Gasteiger partial charge >= 0.3 is 0 Å². The third-order valence-electron chi connectivity index (χ3n) is 2.89. The molecule has 21 heavy (non-hydrogen) atoms. The second-order valence-electron chi connectivity index (χ2n) is 4.39. The number of nitrogens with one attached hydrogen (secondary N) is 1. The molecule has 0 bridgehead atoms. The molecule has 0 unspecified atom stereocenters. The molecule has 0 atom stereocenters. The number of hydrogen-bond donors (Lipinski definition) is 1. The second kappa shape index (κ2) is 6.45. The first-order valence-electron chi connectivity index (χ1n) is 6.20. The zero-order valence-corrected chi connectivity index (χ0v) is 12.7. The van der Waals surface area contributed by atoms with E-state index in [1.807, 2.05) is 6.92 Å². The highest BCUT2D eigenvalue weighted by Crippen LogP contribution is 2.23. The lowest BCUT2D eigenvalue weighted by Gasteiger charge is -2.09. The van der Waals surface area contributed by atoms with E-state index in [0.717, 1.165) is 5.56 Å². The number of benzene rings is 1. The van der Waals surface area contributed by atoms with Crippen LogP contribution >= 0.6 is 11.6 Å². The van der Waals surface area contributed by atoms with Crippen molar-refractivity contribution >= 4 is 23.2 Å². The van der Waals surface area contributed by atoms with Crippen LogP contribution in [0.3, 0.4) is 0 Å². The molecule has 0 spiro atoms. The standard InChI is InChI=1S/C15H15ClN2O3/c1-9-4-11(8-17-14(9)16)18-15(19)10-5-12(20-2)7-13(6-10)21-3/h4-8H,1-3H3,(H,18,19). The summed E-state index contributed by atoms with van der Waals surface area (Å²) in [6.45, 7) is 1.82. The van der Waals surface area contributed by atoms with Gasteiger partial charge in [-0.15, -0.1) is 0 Å². The van der Waals surface area contributed by atoms with E-state index in [1.54, 1.807) is 24.3 Å². The Morgan fingerprint density at radius 2 is 1.76 bits per heavy atom. The molecule has 5 nitrogen and oxygen atoms in total. The Morgan fingerprint density at radius 3 is 2.29 bits per heavy atom. The van der Waals surface area contributed by atoms with Crippen molar-refractivity contribution in [3.8, 4) is 11.5 Å². The molecule has 0 radical (unpaired) electrons. The first-order valence-corrected chi connectivity index (χ1v) is 6.58. The van der Waals surface area contributed by atoms with Crippen LogP contribution in [0.1, 0.15) is 15.9 Å². The number of pyridine rings is 1. The number of anilines is 1. The Kier molecular flexibility index (Phi) is 4.65. The molecule has 2 rings (SSSR count). The van der Waals surface area contributed by atoms with Crippen LogP contribution in [0.25, 0.3) is 0 Å². The molecule has 0 aliphatic rings. The normalized spacial score (nSPS) is 10.1. The maximum absolute atomic E-state index is 12.3. The van der Waals surface area contributed by atoms with E-state index in [-0.39, 0.29) is 5.91 Å². The van der Waals surface area contributed by atoms with Gasteiger partial charge < -0.3 is 14.8 Å². The van der Waals surface area contributed by atoms with Crippen molar-refractivity contribution in [1.29, 1.82) is 0 Å². The number of carbonyl (C=O) groups is 1. The summed E-state index contributed by atoms with van der Waals surface area (Å²) in [6.07, 6.45) is 1.50. The number of methoxy groups -OCH3 is 2. The maximum atomic E-state index is 12.3. The van der Waals surface area contributed by atoms with Gasteiger partial charge in [0.15, 0.2) is 0 Å². The van der Waals surface area contributed by atoms with Gasteiger partial charge in [-0.1, -0.05) is 11.6 Å². The van der Waals surface area contributed by atoms with Crippen molar-refractivity contribution in [3.05, 3.63) is 46.7 Å². The van der Waals surface area contributed by atoms with Crippen LogP contribution in [0.4, 0.5) is 5.69 Å². The topological polar surface area (TPSA) is 60.5 Å². The Hall–Kier alpha value is -2.27. The fraction of sp³-hybridized carbons (Fsp3) is 0.200. The van der Waals surface area contributed by atoms with Crippen LogP contribution in [-0.4, -0.2) is 25.1 Å². The molecule has 2 aromatic rings. The first-order chi connectivity index (χ1) is 10.0. The number of aryl methyl sites for hydroxylation is 1. The molecule has 6 heteroatoms. The molecule has 0 fully saturated rings. The molecule has 0 aliphatic heterocycles. The highest BCUT2D eigenvalue weighted by Gasteiger charge is 2.11. The Bertz CT molecular complexity index is 652. The number of amides is 1. The second-order valence-corrected chi connectivity index (χ2v) is 4.75. The van der Waals surface area contributed by atoms with Crippen LogP contribution in [0, 0.1) is 6.92 Å².